The van der Waals surface area contributed by atoms with Gasteiger partial charge < -0.3 is 14.2 Å². The highest BCUT2D eigenvalue weighted by atomic mass is 16.8. The van der Waals surface area contributed by atoms with Crippen molar-refractivity contribution < 1.29 is 19.0 Å². The van der Waals surface area contributed by atoms with Crippen LogP contribution in [0.2, 0.25) is 0 Å². The molecule has 2 aromatic carbocycles. The van der Waals surface area contributed by atoms with Crippen LogP contribution in [-0.4, -0.2) is 25.5 Å². The maximum Gasteiger partial charge on any atom is 0.508 e. The van der Waals surface area contributed by atoms with Gasteiger partial charge in [-0.25, -0.2) is 4.79 Å². The summed E-state index contributed by atoms with van der Waals surface area (Å²) in [5.41, 5.74) is 0. The Hall–Kier alpha value is -2.23. The molecule has 0 unspecified atom stereocenters. The van der Waals surface area contributed by atoms with Crippen LogP contribution in [0.25, 0.3) is 10.8 Å². The van der Waals surface area contributed by atoms with E-state index in [0.29, 0.717) is 6.61 Å². The Morgan fingerprint density at radius 3 is 2.83 bits per heavy atom. The van der Waals surface area contributed by atoms with Crippen molar-refractivity contribution in [2.24, 2.45) is 0 Å². The minimum atomic E-state index is -0.624. The maximum atomic E-state index is 10.8. The first-order valence-electron chi connectivity index (χ1n) is 5.77. The number of cyclic esters (lactones) is 2. The topological polar surface area (TPSA) is 44.8 Å². The van der Waals surface area contributed by atoms with Crippen LogP contribution in [0, 0.1) is 0 Å². The van der Waals surface area contributed by atoms with Crippen LogP contribution in [0.5, 0.6) is 5.75 Å². The van der Waals surface area contributed by atoms with Gasteiger partial charge in [0.05, 0.1) is 0 Å². The molecule has 0 aliphatic carbocycles. The number of ether oxygens (including phenoxy) is 3. The lowest BCUT2D eigenvalue weighted by Crippen LogP contribution is -2.20. The molecule has 0 radical (unpaired) electrons. The zero-order valence-electron chi connectivity index (χ0n) is 9.67. The third kappa shape index (κ3) is 2.09. The Labute approximate surface area is 104 Å². The van der Waals surface area contributed by atoms with Crippen molar-refractivity contribution in [1.82, 2.24) is 0 Å². The van der Waals surface area contributed by atoms with E-state index in [1.54, 1.807) is 0 Å². The van der Waals surface area contributed by atoms with Crippen LogP contribution in [-0.2, 0) is 9.47 Å². The molecule has 4 heteroatoms. The van der Waals surface area contributed by atoms with Gasteiger partial charge in [0.25, 0.3) is 0 Å². The predicted octanol–water partition coefficient (Wildman–Crippen LogP) is 2.75. The van der Waals surface area contributed by atoms with Gasteiger partial charge in [-0.15, -0.1) is 0 Å². The van der Waals surface area contributed by atoms with Gasteiger partial charge in [-0.05, 0) is 11.5 Å². The number of carbonyl (C=O) groups excluding carboxylic acids is 1. The number of rotatable bonds is 3. The van der Waals surface area contributed by atoms with Crippen molar-refractivity contribution in [3.8, 4) is 5.75 Å². The van der Waals surface area contributed by atoms with Crippen molar-refractivity contribution in [2.45, 2.75) is 6.10 Å². The molecule has 0 spiro atoms. The number of carbonyl (C=O) groups is 1. The average molecular weight is 244 g/mol. The fraction of sp³-hybridized carbons (Fsp3) is 0.214. The first-order valence-corrected chi connectivity index (χ1v) is 5.77. The van der Waals surface area contributed by atoms with E-state index in [2.05, 4.69) is 0 Å². The van der Waals surface area contributed by atoms with Gasteiger partial charge in [0.1, 0.15) is 19.0 Å². The molecule has 3 rings (SSSR count). The largest absolute Gasteiger partial charge is 0.508 e. The minimum Gasteiger partial charge on any atom is -0.489 e. The Morgan fingerprint density at radius 1 is 1.17 bits per heavy atom. The van der Waals surface area contributed by atoms with E-state index in [-0.39, 0.29) is 12.7 Å². The normalized spacial score (nSPS) is 18.4. The summed E-state index contributed by atoms with van der Waals surface area (Å²) in [5, 5.41) is 2.17. The highest BCUT2D eigenvalue weighted by Gasteiger charge is 2.25. The number of benzene rings is 2. The average Bonchev–Trinajstić information content (AvgIpc) is 2.82. The van der Waals surface area contributed by atoms with Crippen LogP contribution in [0.15, 0.2) is 42.5 Å². The summed E-state index contributed by atoms with van der Waals surface area (Å²) in [7, 11) is 0. The van der Waals surface area contributed by atoms with Crippen molar-refractivity contribution in [3.63, 3.8) is 0 Å². The standard InChI is InChI=1S/C14H12O4/c15-14-17-9-11(18-14)8-16-13-7-3-5-10-4-1-2-6-12(10)13/h1-7,11H,8-9H2/t11-/m1/s1. The molecule has 0 amide bonds. The fourth-order valence-electron chi connectivity index (χ4n) is 1.95. The van der Waals surface area contributed by atoms with Crippen molar-refractivity contribution in [2.75, 3.05) is 13.2 Å². The number of hydrogen-bond donors (Lipinski definition) is 0. The third-order valence-electron chi connectivity index (χ3n) is 2.82. The molecule has 0 aromatic heterocycles. The molecular weight excluding hydrogens is 232 g/mol. The van der Waals surface area contributed by atoms with Gasteiger partial charge >= 0.3 is 6.16 Å². The van der Waals surface area contributed by atoms with E-state index < -0.39 is 6.16 Å². The third-order valence-corrected chi connectivity index (χ3v) is 2.82. The molecule has 92 valence electrons. The molecule has 2 aromatic rings. The zero-order chi connectivity index (χ0) is 12.4. The highest BCUT2D eigenvalue weighted by Crippen LogP contribution is 2.25. The molecule has 1 atom stereocenters. The summed E-state index contributed by atoms with van der Waals surface area (Å²) in [6.45, 7) is 0.559. The molecule has 1 heterocycles. The lowest BCUT2D eigenvalue weighted by Gasteiger charge is -2.11. The van der Waals surface area contributed by atoms with E-state index in [4.69, 9.17) is 14.2 Å². The Bertz CT molecular complexity index is 574. The van der Waals surface area contributed by atoms with E-state index >= 15 is 0 Å². The second-order valence-electron chi connectivity index (χ2n) is 4.09. The lowest BCUT2D eigenvalue weighted by atomic mass is 10.1. The van der Waals surface area contributed by atoms with E-state index in [1.165, 1.54) is 0 Å². The van der Waals surface area contributed by atoms with Gasteiger partial charge in [0, 0.05) is 5.39 Å². The molecule has 1 aliphatic rings. The lowest BCUT2D eigenvalue weighted by molar-refractivity contribution is 0.0987. The minimum absolute atomic E-state index is 0.254. The van der Waals surface area contributed by atoms with E-state index in [0.717, 1.165) is 16.5 Å². The van der Waals surface area contributed by atoms with Gasteiger partial charge in [0.2, 0.25) is 0 Å². The molecule has 0 N–H and O–H groups in total. The second kappa shape index (κ2) is 4.56. The summed E-state index contributed by atoms with van der Waals surface area (Å²) in [6.07, 6.45) is -0.946. The smallest absolute Gasteiger partial charge is 0.489 e. The zero-order valence-corrected chi connectivity index (χ0v) is 9.67. The van der Waals surface area contributed by atoms with Crippen molar-refractivity contribution >= 4 is 16.9 Å². The Balaban J connectivity index is 1.76. The monoisotopic (exact) mass is 244 g/mol. The van der Waals surface area contributed by atoms with Crippen molar-refractivity contribution in [3.05, 3.63) is 42.5 Å². The highest BCUT2D eigenvalue weighted by molar-refractivity contribution is 5.88. The molecule has 0 saturated carbocycles. The van der Waals surface area contributed by atoms with Gasteiger partial charge in [-0.2, -0.15) is 0 Å². The first kappa shape index (κ1) is 10.9. The molecule has 1 aliphatic heterocycles. The number of fused-ring (bicyclic) bond motifs is 1. The van der Waals surface area contributed by atoms with Crippen LogP contribution in [0.1, 0.15) is 0 Å². The van der Waals surface area contributed by atoms with Gasteiger partial charge in [-0.1, -0.05) is 36.4 Å². The van der Waals surface area contributed by atoms with Crippen LogP contribution < -0.4 is 4.74 Å². The molecular formula is C14H12O4. The quantitative estimate of drug-likeness (QED) is 0.779. The van der Waals surface area contributed by atoms with Crippen LogP contribution in [0.3, 0.4) is 0 Å². The summed E-state index contributed by atoms with van der Waals surface area (Å²) >= 11 is 0. The second-order valence-corrected chi connectivity index (χ2v) is 4.09. The van der Waals surface area contributed by atoms with Crippen LogP contribution in [0.4, 0.5) is 4.79 Å². The summed E-state index contributed by atoms with van der Waals surface area (Å²) in [6, 6.07) is 13.9. The van der Waals surface area contributed by atoms with Crippen LogP contribution >= 0.6 is 0 Å². The van der Waals surface area contributed by atoms with Gasteiger partial charge in [0.15, 0.2) is 6.10 Å². The molecule has 0 bridgehead atoms. The summed E-state index contributed by atoms with van der Waals surface area (Å²) < 4.78 is 15.3. The maximum absolute atomic E-state index is 10.8. The predicted molar refractivity (Wildman–Crippen MR) is 65.7 cm³/mol. The van der Waals surface area contributed by atoms with Crippen molar-refractivity contribution in [1.29, 1.82) is 0 Å². The fourth-order valence-corrected chi connectivity index (χ4v) is 1.95. The summed E-state index contributed by atoms with van der Waals surface area (Å²) in [4.78, 5) is 10.8. The molecule has 1 fully saturated rings. The Kier molecular flexibility index (Phi) is 2.76. The first-order chi connectivity index (χ1) is 8.83. The van der Waals surface area contributed by atoms with E-state index in [9.17, 15) is 4.79 Å². The SMILES string of the molecule is O=C1OC[C@@H](COc2cccc3ccccc23)O1. The number of hydrogen-bond acceptors (Lipinski definition) is 4. The molecule has 1 saturated heterocycles. The van der Waals surface area contributed by atoms with E-state index in [1.807, 2.05) is 42.5 Å². The molecule has 18 heavy (non-hydrogen) atoms. The van der Waals surface area contributed by atoms with Gasteiger partial charge in [-0.3, -0.25) is 0 Å². The summed E-state index contributed by atoms with van der Waals surface area (Å²) in [5.74, 6) is 0.788. The Morgan fingerprint density at radius 2 is 2.00 bits per heavy atom. The molecule has 4 nitrogen and oxygen atoms in total.